The largest absolute Gasteiger partial charge is 1.00 e. The fourth-order valence-electron chi connectivity index (χ4n) is 3.81. The smallest absolute Gasteiger partial charge is 0.748 e. The number of unbranched alkanes of at least 4 members (excludes halogenated alkanes) is 1. The fraction of sp³-hybridized carbons (Fsp3) is 0.381. The number of furan rings is 1. The minimum Gasteiger partial charge on any atom is -0.748 e. The maximum atomic E-state index is 11.1. The van der Waals surface area contributed by atoms with Crippen LogP contribution in [0.3, 0.4) is 0 Å². The molecule has 0 bridgehead atoms. The maximum absolute atomic E-state index is 11.1. The molecule has 0 radical (unpaired) electrons. The molecule has 0 saturated carbocycles. The molecule has 0 spiro atoms. The third kappa shape index (κ3) is 8.02. The summed E-state index contributed by atoms with van der Waals surface area (Å²) in [7, 11) is -8.59. The van der Waals surface area contributed by atoms with E-state index < -0.39 is 31.7 Å². The van der Waals surface area contributed by atoms with Gasteiger partial charge in [-0.05, 0) is 43.7 Å². The first-order valence-corrected chi connectivity index (χ1v) is 15.8. The summed E-state index contributed by atoms with van der Waals surface area (Å²) in [6.45, 7) is 2.63. The standard InChI is InChI=1S/C21H23ClN2O7S4.K/c1-14-11-17-21(31-14)33-20(24(17)8-4-10-35(28,29)30)13-19-23(7-2-3-9-34(25,26)27)16-12-15(22)5-6-18(16)32-19;/h5-6,11-13H,2-4,7-10H2,1H3,(H-,25,26,27,28,29,30);/q;+1/p-1. The van der Waals surface area contributed by atoms with E-state index in [-0.39, 0.29) is 64.2 Å². The number of rotatable bonds is 10. The molecule has 0 amide bonds. The Balaban J connectivity index is 0.00000361. The Bertz CT molecular complexity index is 1500. The Morgan fingerprint density at radius 2 is 1.78 bits per heavy atom. The second-order valence-electron chi connectivity index (χ2n) is 8.05. The topological polar surface area (TPSA) is 135 Å². The second kappa shape index (κ2) is 12.5. The molecule has 15 heteroatoms. The average Bonchev–Trinajstić information content (AvgIpc) is 3.35. The molecule has 2 aromatic heterocycles. The summed E-state index contributed by atoms with van der Waals surface area (Å²) in [6, 6.07) is 7.42. The first kappa shape index (κ1) is 30.6. The Hall–Kier alpha value is 0.0264. The van der Waals surface area contributed by atoms with E-state index in [9.17, 15) is 25.9 Å². The van der Waals surface area contributed by atoms with E-state index >= 15 is 0 Å². The van der Waals surface area contributed by atoms with Gasteiger partial charge in [-0.15, -0.1) is 0 Å². The predicted octanol–water partition coefficient (Wildman–Crippen LogP) is 0.919. The van der Waals surface area contributed by atoms with Gasteiger partial charge in [-0.3, -0.25) is 0 Å². The minimum absolute atomic E-state index is 0. The van der Waals surface area contributed by atoms with Gasteiger partial charge in [-0.25, -0.2) is 16.8 Å². The molecule has 1 aromatic carbocycles. The minimum atomic E-state index is -4.32. The third-order valence-electron chi connectivity index (χ3n) is 5.30. The number of anilines is 1. The molecule has 0 N–H and O–H groups in total. The van der Waals surface area contributed by atoms with Crippen LogP contribution in [0.4, 0.5) is 5.69 Å². The van der Waals surface area contributed by atoms with Crippen molar-refractivity contribution in [2.24, 2.45) is 0 Å². The number of hydrogen-bond acceptors (Lipinski definition) is 10. The van der Waals surface area contributed by atoms with Gasteiger partial charge in [0.05, 0.1) is 37.0 Å². The van der Waals surface area contributed by atoms with Crippen LogP contribution in [0.5, 0.6) is 0 Å². The van der Waals surface area contributed by atoms with Crippen molar-refractivity contribution in [2.45, 2.75) is 37.8 Å². The summed E-state index contributed by atoms with van der Waals surface area (Å²) in [5.74, 6) is -0.154. The van der Waals surface area contributed by atoms with Crippen molar-refractivity contribution in [1.82, 2.24) is 0 Å². The molecule has 9 nitrogen and oxygen atoms in total. The number of aromatic nitrogens is 1. The summed E-state index contributed by atoms with van der Waals surface area (Å²) >= 11 is 9.17. The molecule has 3 aromatic rings. The quantitative estimate of drug-likeness (QED) is 0.141. The van der Waals surface area contributed by atoms with Gasteiger partial charge in [0.1, 0.15) is 10.5 Å². The number of aryl methyl sites for hydroxylation is 2. The summed E-state index contributed by atoms with van der Waals surface area (Å²) in [5, 5.41) is 2.94. The predicted molar refractivity (Wildman–Crippen MR) is 135 cm³/mol. The first-order chi connectivity index (χ1) is 16.4. The number of thioether (sulfide) groups is 1. The van der Waals surface area contributed by atoms with Gasteiger partial charge in [0.2, 0.25) is 5.52 Å². The van der Waals surface area contributed by atoms with E-state index in [1.807, 2.05) is 40.7 Å². The molecule has 36 heavy (non-hydrogen) atoms. The molecule has 190 valence electrons. The normalized spacial score (nSPS) is 15.0. The van der Waals surface area contributed by atoms with Gasteiger partial charge in [-0.1, -0.05) is 22.9 Å². The molecular formula is C21H22ClKN2O7S4. The monoisotopic (exact) mass is 616 g/mol. The zero-order valence-corrected chi connectivity index (χ0v) is 26.7. The number of hydrogen-bond donors (Lipinski definition) is 0. The van der Waals surface area contributed by atoms with Crippen LogP contribution in [-0.4, -0.2) is 44.0 Å². The first-order valence-electron chi connectivity index (χ1n) is 10.7. The van der Waals surface area contributed by atoms with Crippen molar-refractivity contribution in [3.63, 3.8) is 0 Å². The van der Waals surface area contributed by atoms with Crippen molar-refractivity contribution in [2.75, 3.05) is 23.0 Å². The maximum Gasteiger partial charge on any atom is 1.00 e. The number of fused-ring (bicyclic) bond motifs is 2. The average molecular weight is 617 g/mol. The van der Waals surface area contributed by atoms with Crippen molar-refractivity contribution in [3.8, 4) is 0 Å². The summed E-state index contributed by atoms with van der Waals surface area (Å²) in [6.07, 6.45) is 2.85. The van der Waals surface area contributed by atoms with Crippen molar-refractivity contribution in [3.05, 3.63) is 45.1 Å². The van der Waals surface area contributed by atoms with Gasteiger partial charge in [0.15, 0.2) is 11.6 Å². The van der Waals surface area contributed by atoms with E-state index in [1.54, 1.807) is 6.07 Å². The van der Waals surface area contributed by atoms with Crippen LogP contribution in [0.2, 0.25) is 5.02 Å². The van der Waals surface area contributed by atoms with E-state index in [4.69, 9.17) is 16.0 Å². The number of nitrogens with zero attached hydrogens (tertiary/aromatic N) is 2. The van der Waals surface area contributed by atoms with Crippen LogP contribution in [0, 0.1) is 6.92 Å². The molecule has 0 aliphatic carbocycles. The molecule has 0 fully saturated rings. The van der Waals surface area contributed by atoms with Gasteiger partial charge in [0.25, 0.3) is 5.01 Å². The van der Waals surface area contributed by atoms with Crippen molar-refractivity contribution in [1.29, 1.82) is 0 Å². The zero-order valence-electron chi connectivity index (χ0n) is 19.6. The van der Waals surface area contributed by atoms with E-state index in [0.29, 0.717) is 29.6 Å². The molecule has 0 saturated heterocycles. The Kier molecular flexibility index (Phi) is 10.6. The van der Waals surface area contributed by atoms with Gasteiger partial charge < -0.3 is 18.4 Å². The molecule has 3 heterocycles. The molecular weight excluding hydrogens is 595 g/mol. The van der Waals surface area contributed by atoms with Crippen molar-refractivity contribution < 1.29 is 86.3 Å². The molecule has 1 aliphatic rings. The Morgan fingerprint density at radius 3 is 2.47 bits per heavy atom. The second-order valence-corrected chi connectivity index (χ2v) is 13.6. The molecule has 1 aliphatic heterocycles. The summed E-state index contributed by atoms with van der Waals surface area (Å²) < 4.78 is 75.0. The van der Waals surface area contributed by atoms with Crippen LogP contribution < -0.4 is 60.9 Å². The van der Waals surface area contributed by atoms with Crippen molar-refractivity contribution >= 4 is 76.9 Å². The van der Waals surface area contributed by atoms with Crippen LogP contribution in [0.15, 0.2) is 38.8 Å². The van der Waals surface area contributed by atoms with E-state index in [0.717, 1.165) is 31.7 Å². The molecule has 0 atom stereocenters. The van der Waals surface area contributed by atoms with E-state index in [2.05, 4.69) is 0 Å². The fourth-order valence-corrected chi connectivity index (χ4v) is 7.31. The summed E-state index contributed by atoms with van der Waals surface area (Å²) in [4.78, 5) is 1.94. The SMILES string of the molecule is Cc1cc2c(o1)SC(=Cc1sc3ccc(Cl)cc3[n+]1CCCCS(=O)(=O)[O-])N2CCCS(=O)(=O)[O-].[K+]. The third-order valence-corrected chi connectivity index (χ3v) is 9.25. The zero-order chi connectivity index (χ0) is 25.4. The molecule has 0 unspecified atom stereocenters. The Labute approximate surface area is 265 Å². The number of benzene rings is 1. The van der Waals surface area contributed by atoms with Crippen LogP contribution in [0.25, 0.3) is 16.3 Å². The summed E-state index contributed by atoms with van der Waals surface area (Å²) in [5.41, 5.74) is 1.71. The Morgan fingerprint density at radius 1 is 1.08 bits per heavy atom. The molecule has 4 rings (SSSR count). The number of thiazole rings is 1. The van der Waals surface area contributed by atoms with Gasteiger partial charge in [-0.2, -0.15) is 4.57 Å². The van der Waals surface area contributed by atoms with Gasteiger partial charge >= 0.3 is 51.4 Å². The van der Waals surface area contributed by atoms with E-state index in [1.165, 1.54) is 23.1 Å². The number of halogens is 1. The van der Waals surface area contributed by atoms with Gasteiger partial charge in [0, 0.05) is 41.6 Å². The van der Waals surface area contributed by atoms with Crippen LogP contribution in [-0.2, 0) is 26.8 Å². The van der Waals surface area contributed by atoms with Crippen LogP contribution >= 0.6 is 34.7 Å². The van der Waals surface area contributed by atoms with Crippen LogP contribution in [0.1, 0.15) is 30.0 Å².